The van der Waals surface area contributed by atoms with Gasteiger partial charge in [-0.1, -0.05) is 6.07 Å². The molecular weight excluding hydrogens is 351 g/mol. The van der Waals surface area contributed by atoms with Gasteiger partial charge < -0.3 is 5.32 Å². The van der Waals surface area contributed by atoms with Crippen molar-refractivity contribution in [3.63, 3.8) is 0 Å². The molecule has 1 N–H and O–H groups in total. The normalized spacial score (nSPS) is 17.2. The molecule has 2 heterocycles. The molecule has 5 nitrogen and oxygen atoms in total. The minimum absolute atomic E-state index is 0.0594. The zero-order valence-corrected chi connectivity index (χ0v) is 14.9. The number of thiophene rings is 1. The van der Waals surface area contributed by atoms with E-state index in [4.69, 9.17) is 0 Å². The highest BCUT2D eigenvalue weighted by atomic mass is 32.2. The lowest BCUT2D eigenvalue weighted by molar-refractivity contribution is 0.0928. The highest BCUT2D eigenvalue weighted by molar-refractivity contribution is 7.89. The molecule has 1 amide bonds. The summed E-state index contributed by atoms with van der Waals surface area (Å²) in [4.78, 5) is 12.8. The van der Waals surface area contributed by atoms with Crippen LogP contribution in [0.15, 0.2) is 24.3 Å². The Morgan fingerprint density at radius 2 is 2.08 bits per heavy atom. The van der Waals surface area contributed by atoms with E-state index in [0.717, 1.165) is 4.70 Å². The quantitative estimate of drug-likeness (QED) is 0.900. The van der Waals surface area contributed by atoms with E-state index in [1.165, 1.54) is 21.7 Å². The molecule has 0 atom stereocenters. The lowest BCUT2D eigenvalue weighted by atomic mass is 10.1. The number of hydrogen-bond acceptors (Lipinski definition) is 4. The molecular formula is C16H19FN2O3S2. The Morgan fingerprint density at radius 3 is 2.71 bits per heavy atom. The zero-order valence-electron chi connectivity index (χ0n) is 13.3. The Bertz CT molecular complexity index is 855. The number of carbonyl (C=O) groups excluding carboxylic acids is 1. The van der Waals surface area contributed by atoms with Crippen LogP contribution in [0.2, 0.25) is 0 Å². The van der Waals surface area contributed by atoms with Crippen LogP contribution < -0.4 is 5.32 Å². The highest BCUT2D eigenvalue weighted by Crippen LogP contribution is 2.28. The number of amides is 1. The third kappa shape index (κ3) is 3.45. The summed E-state index contributed by atoms with van der Waals surface area (Å²) in [6, 6.07) is 6.30. The van der Waals surface area contributed by atoms with Gasteiger partial charge in [0.25, 0.3) is 5.91 Å². The van der Waals surface area contributed by atoms with Crippen LogP contribution in [0.1, 0.15) is 29.4 Å². The topological polar surface area (TPSA) is 66.5 Å². The summed E-state index contributed by atoms with van der Waals surface area (Å²) >= 11 is 1.26. The van der Waals surface area contributed by atoms with Gasteiger partial charge in [0.1, 0.15) is 5.82 Å². The fraction of sp³-hybridized carbons (Fsp3) is 0.438. The van der Waals surface area contributed by atoms with E-state index in [-0.39, 0.29) is 23.5 Å². The predicted molar refractivity (Wildman–Crippen MR) is 93.3 cm³/mol. The van der Waals surface area contributed by atoms with E-state index in [1.807, 2.05) is 0 Å². The van der Waals surface area contributed by atoms with Gasteiger partial charge in [-0.15, -0.1) is 11.3 Å². The maximum absolute atomic E-state index is 13.7. The smallest absolute Gasteiger partial charge is 0.261 e. The molecule has 0 unspecified atom stereocenters. The van der Waals surface area contributed by atoms with Crippen molar-refractivity contribution in [2.75, 3.05) is 18.8 Å². The summed E-state index contributed by atoms with van der Waals surface area (Å²) in [7, 11) is -3.17. The van der Waals surface area contributed by atoms with Crippen LogP contribution in [0.3, 0.4) is 0 Å². The van der Waals surface area contributed by atoms with Crippen LogP contribution in [0.25, 0.3) is 10.1 Å². The minimum atomic E-state index is -3.17. The van der Waals surface area contributed by atoms with Crippen molar-refractivity contribution < 1.29 is 17.6 Å². The lowest BCUT2D eigenvalue weighted by Gasteiger charge is -2.31. The average Bonchev–Trinajstić information content (AvgIpc) is 3.01. The van der Waals surface area contributed by atoms with E-state index in [1.54, 1.807) is 25.1 Å². The van der Waals surface area contributed by atoms with Gasteiger partial charge in [0.2, 0.25) is 10.0 Å². The molecule has 1 aliphatic rings. The van der Waals surface area contributed by atoms with Crippen LogP contribution in [0.5, 0.6) is 0 Å². The molecule has 1 aromatic heterocycles. The average molecular weight is 370 g/mol. The summed E-state index contributed by atoms with van der Waals surface area (Å²) in [5.41, 5.74) is 0. The van der Waals surface area contributed by atoms with Crippen molar-refractivity contribution in [3.05, 3.63) is 35.0 Å². The first kappa shape index (κ1) is 17.3. The summed E-state index contributed by atoms with van der Waals surface area (Å²) in [6.07, 6.45) is 1.18. The van der Waals surface area contributed by atoms with Gasteiger partial charge in [0, 0.05) is 29.2 Å². The van der Waals surface area contributed by atoms with Gasteiger partial charge >= 0.3 is 0 Å². The van der Waals surface area contributed by atoms with Crippen LogP contribution in [-0.4, -0.2) is 43.5 Å². The number of rotatable bonds is 4. The number of benzene rings is 1. The van der Waals surface area contributed by atoms with Gasteiger partial charge in [-0.2, -0.15) is 0 Å². The van der Waals surface area contributed by atoms with Crippen LogP contribution in [0, 0.1) is 5.82 Å². The zero-order chi connectivity index (χ0) is 17.3. The van der Waals surface area contributed by atoms with Crippen molar-refractivity contribution >= 4 is 37.4 Å². The number of carbonyl (C=O) groups is 1. The minimum Gasteiger partial charge on any atom is -0.349 e. The predicted octanol–water partition coefficient (Wildman–Crippen LogP) is 2.58. The summed E-state index contributed by atoms with van der Waals surface area (Å²) < 4.78 is 39.6. The Kier molecular flexibility index (Phi) is 4.89. The van der Waals surface area contributed by atoms with Crippen molar-refractivity contribution in [2.45, 2.75) is 25.8 Å². The van der Waals surface area contributed by atoms with E-state index in [0.29, 0.717) is 36.2 Å². The van der Waals surface area contributed by atoms with Crippen molar-refractivity contribution in [2.24, 2.45) is 0 Å². The fourth-order valence-corrected chi connectivity index (χ4v) is 4.97. The van der Waals surface area contributed by atoms with Crippen molar-refractivity contribution in [3.8, 4) is 0 Å². The van der Waals surface area contributed by atoms with Crippen LogP contribution in [-0.2, 0) is 10.0 Å². The van der Waals surface area contributed by atoms with E-state index >= 15 is 0 Å². The second-order valence-corrected chi connectivity index (χ2v) is 9.15. The van der Waals surface area contributed by atoms with Gasteiger partial charge in [-0.3, -0.25) is 4.79 Å². The van der Waals surface area contributed by atoms with E-state index in [2.05, 4.69) is 5.32 Å². The number of halogens is 1. The first-order valence-electron chi connectivity index (χ1n) is 7.87. The molecule has 130 valence electrons. The van der Waals surface area contributed by atoms with Crippen molar-refractivity contribution in [1.29, 1.82) is 0 Å². The van der Waals surface area contributed by atoms with Crippen LogP contribution in [0.4, 0.5) is 4.39 Å². The molecule has 0 spiro atoms. The molecule has 1 fully saturated rings. The number of fused-ring (bicyclic) bond motifs is 1. The number of nitrogens with one attached hydrogen (secondary N) is 1. The monoisotopic (exact) mass is 370 g/mol. The number of nitrogens with zero attached hydrogens (tertiary/aromatic N) is 1. The van der Waals surface area contributed by atoms with Crippen molar-refractivity contribution in [1.82, 2.24) is 9.62 Å². The fourth-order valence-electron chi connectivity index (χ4n) is 2.85. The SMILES string of the molecule is CCS(=O)(=O)N1CCC(NC(=O)c2cc3c(F)cccc3s2)CC1. The summed E-state index contributed by atoms with van der Waals surface area (Å²) in [5.74, 6) is -0.467. The third-order valence-electron chi connectivity index (χ3n) is 4.28. The Balaban J connectivity index is 1.64. The Labute approximate surface area is 144 Å². The molecule has 0 radical (unpaired) electrons. The Morgan fingerprint density at radius 1 is 1.38 bits per heavy atom. The van der Waals surface area contributed by atoms with E-state index in [9.17, 15) is 17.6 Å². The second kappa shape index (κ2) is 6.78. The van der Waals surface area contributed by atoms with Crippen LogP contribution >= 0.6 is 11.3 Å². The summed E-state index contributed by atoms with van der Waals surface area (Å²) in [5, 5.41) is 3.39. The van der Waals surface area contributed by atoms with Gasteiger partial charge in [0.15, 0.2) is 0 Å². The molecule has 0 saturated carbocycles. The molecule has 1 aliphatic heterocycles. The highest BCUT2D eigenvalue weighted by Gasteiger charge is 2.27. The number of piperidine rings is 1. The molecule has 8 heteroatoms. The molecule has 1 saturated heterocycles. The molecule has 1 aromatic carbocycles. The second-order valence-electron chi connectivity index (χ2n) is 5.81. The molecule has 24 heavy (non-hydrogen) atoms. The number of sulfonamides is 1. The standard InChI is InChI=1S/C16H19FN2O3S2/c1-2-24(21,22)19-8-6-11(7-9-19)18-16(20)15-10-12-13(17)4-3-5-14(12)23-15/h3-5,10-11H,2,6-9H2,1H3,(H,18,20). The lowest BCUT2D eigenvalue weighted by Crippen LogP contribution is -2.46. The molecule has 2 aromatic rings. The molecule has 0 aliphatic carbocycles. The van der Waals surface area contributed by atoms with Gasteiger partial charge in [0.05, 0.1) is 10.6 Å². The van der Waals surface area contributed by atoms with E-state index < -0.39 is 10.0 Å². The number of hydrogen-bond donors (Lipinski definition) is 1. The first-order valence-corrected chi connectivity index (χ1v) is 10.3. The summed E-state index contributed by atoms with van der Waals surface area (Å²) in [6.45, 7) is 2.47. The van der Waals surface area contributed by atoms with Gasteiger partial charge in [-0.05, 0) is 38.0 Å². The maximum atomic E-state index is 13.7. The molecule has 3 rings (SSSR count). The maximum Gasteiger partial charge on any atom is 0.261 e. The first-order chi connectivity index (χ1) is 11.4. The largest absolute Gasteiger partial charge is 0.349 e. The molecule has 0 bridgehead atoms. The third-order valence-corrected chi connectivity index (χ3v) is 7.26. The Hall–Kier alpha value is -1.51. The van der Waals surface area contributed by atoms with Gasteiger partial charge in [-0.25, -0.2) is 17.1 Å².